The Morgan fingerprint density at radius 3 is 0.733 bits per heavy atom. The molecule has 4 aromatic carbocycles. The molecule has 12 rings (SSSR count). The zero-order chi connectivity index (χ0) is 150. The van der Waals surface area contributed by atoms with Crippen LogP contribution in [0.3, 0.4) is 0 Å². The predicted octanol–water partition coefficient (Wildman–Crippen LogP) is 14.3. The Morgan fingerprint density at radius 2 is 0.550 bits per heavy atom. The lowest BCUT2D eigenvalue weighted by molar-refractivity contribution is -0.161. The molecule has 16 atom stereocenters. The number of hydrogen-bond donors (Lipinski definition) is 4. The Hall–Kier alpha value is -7.16. The average Bonchev–Trinajstić information content (AvgIpc) is 0.683. The van der Waals surface area contributed by atoms with Crippen molar-refractivity contribution in [2.75, 3.05) is 109 Å². The third-order valence-electron chi connectivity index (χ3n) is 19.2. The summed E-state index contributed by atoms with van der Waals surface area (Å²) >= 11 is 0. The Kier molecular flexibility index (Phi) is 13.9. The van der Waals surface area contributed by atoms with Crippen molar-refractivity contribution in [3.8, 4) is 46.0 Å². The zero-order valence-corrected chi connectivity index (χ0v) is 68.0. The molecule has 8 aliphatic rings. The second-order valence-corrected chi connectivity index (χ2v) is 29.7. The molecule has 8 heterocycles. The molecule has 0 spiro atoms. The summed E-state index contributed by atoms with van der Waals surface area (Å²) in [4.78, 5) is 58.2. The highest BCUT2D eigenvalue weighted by Crippen LogP contribution is 2.50. The van der Waals surface area contributed by atoms with E-state index in [1.165, 1.54) is 28.1 Å². The van der Waals surface area contributed by atoms with E-state index in [9.17, 15) is 38.4 Å². The third-order valence-corrected chi connectivity index (χ3v) is 19.2. The summed E-state index contributed by atoms with van der Waals surface area (Å²) in [5.74, 6) is -43.6. The standard InChI is InChI=1S/4C24H38N2O4/c4*1-14(2)9-17-13-26-8-7-16-10-21(28-5)22(29-6)11-18(16)19(26)12-20(17)30-24(27)23(25)15(3)4/h4*10-11,14-15,17,19-20,23H,7-9,12-13,25H2,1-6H3/t4*17?,19?,20?,23-/m0000/s1/i3D3,4D3,5D3,6D3,10D,11D,12D2,13D2,15D,17D,23D;3D3,4D3,6D3,10D,11D,12D2,13D2,15D,17D,23D;3D3,4D3,5D3,10D,11D,12D2,13D2,15D,17D,23D;3D3,4D3,10D,11D,12D2,13D2,15D,17D,23D. The van der Waals surface area contributed by atoms with Gasteiger partial charge in [-0.3, -0.25) is 38.8 Å². The van der Waals surface area contributed by atoms with Crippen molar-refractivity contribution in [1.29, 1.82) is 0 Å². The summed E-state index contributed by atoms with van der Waals surface area (Å²) < 4.78 is 659. The van der Waals surface area contributed by atoms with E-state index in [1.54, 1.807) is 41.5 Å². The lowest BCUT2D eigenvalue weighted by Crippen LogP contribution is -2.51. The van der Waals surface area contributed by atoms with Crippen molar-refractivity contribution in [3.63, 3.8) is 0 Å². The monoisotopic (exact) mass is 1750 g/mol. The van der Waals surface area contributed by atoms with Crippen molar-refractivity contribution in [2.24, 2.45) is 93.8 Å². The van der Waals surface area contributed by atoms with Gasteiger partial charge in [-0.2, -0.15) is 0 Å². The van der Waals surface area contributed by atoms with E-state index in [0.29, 0.717) is 0 Å². The Morgan fingerprint density at radius 1 is 0.358 bits per heavy atom. The molecule has 8 aliphatic heterocycles. The second-order valence-electron chi connectivity index (χ2n) is 29.7. The number of nitrogens with zero attached hydrogens (tertiary/aromatic N) is 4. The van der Waals surface area contributed by atoms with Crippen LogP contribution in [-0.4, -0.2) is 201 Å². The van der Waals surface area contributed by atoms with Crippen LogP contribution in [0.15, 0.2) is 48.3 Å². The van der Waals surface area contributed by atoms with E-state index in [0.717, 1.165) is 33.8 Å². The summed E-state index contributed by atoms with van der Waals surface area (Å²) in [6.07, 6.45) is -26.0. The van der Waals surface area contributed by atoms with Gasteiger partial charge in [-0.25, -0.2) is 0 Å². The maximum absolute atomic E-state index is 13.7. The first-order chi connectivity index (χ1) is 85.1. The molecule has 0 bridgehead atoms. The van der Waals surface area contributed by atoms with E-state index < -0.39 is 428 Å². The molecule has 0 saturated carbocycles. The third kappa shape index (κ3) is 23.8. The average molecular weight is 1750 g/mol. The molecule has 0 amide bonds. The molecule has 0 radical (unpaired) electrons. The second kappa shape index (κ2) is 43.9. The van der Waals surface area contributed by atoms with Gasteiger partial charge in [0.1, 0.15) is 48.5 Å². The van der Waals surface area contributed by atoms with Crippen LogP contribution in [-0.2, 0) is 63.8 Å². The number of carbonyl (C=O) groups excluding carboxylic acids is 4. The number of hydrogen-bond acceptors (Lipinski definition) is 24. The van der Waals surface area contributed by atoms with Crippen LogP contribution in [0.5, 0.6) is 46.0 Å². The van der Waals surface area contributed by atoms with Crippen LogP contribution in [0.25, 0.3) is 0 Å². The topological polar surface area (TPSA) is 296 Å². The molecule has 0 aliphatic carbocycles. The van der Waals surface area contributed by atoms with E-state index in [4.69, 9.17) is 159 Å². The minimum absolute atomic E-state index is 0.0497. The quantitative estimate of drug-likeness (QED) is 0.0303. The fraction of sp³-hybridized carbons (Fsp3) is 0.708. The first-order valence-electron chi connectivity index (χ1n) is 73.7. The maximum atomic E-state index is 13.7. The van der Waals surface area contributed by atoms with E-state index >= 15 is 0 Å². The molecule has 24 nitrogen and oxygen atoms in total. The number of esters is 4. The lowest BCUT2D eigenvalue weighted by atomic mass is 9.79. The van der Waals surface area contributed by atoms with Gasteiger partial charge < -0.3 is 79.8 Å². The minimum Gasteiger partial charge on any atom is -0.493 e. The van der Waals surface area contributed by atoms with Gasteiger partial charge in [0, 0.05) is 191 Å². The van der Waals surface area contributed by atoms with Crippen molar-refractivity contribution >= 4 is 23.9 Å². The Labute approximate surface area is 819 Å². The zero-order valence-electron chi connectivity index (χ0n) is 140. The van der Waals surface area contributed by atoms with Crippen LogP contribution >= 0.6 is 0 Å². The highest BCUT2D eigenvalue weighted by atomic mass is 16.6. The molecule has 4 fully saturated rings. The predicted molar refractivity (Wildman–Crippen MR) is 471 cm³/mol. The van der Waals surface area contributed by atoms with Crippen molar-refractivity contribution in [1.82, 2.24) is 19.6 Å². The number of ether oxygens (including phenoxy) is 12. The van der Waals surface area contributed by atoms with E-state index in [-0.39, 0.29) is 89.8 Å². The summed E-state index contributed by atoms with van der Waals surface area (Å²) in [7, 11) is -8.42. The number of methoxy groups -OCH3 is 8. The first-order valence-corrected chi connectivity index (χ1v) is 37.7. The summed E-state index contributed by atoms with van der Waals surface area (Å²) in [5.41, 5.74) is 20.7. The van der Waals surface area contributed by atoms with Crippen molar-refractivity contribution in [2.45, 2.75) is 260 Å². The molecule has 672 valence electrons. The Balaban J connectivity index is 0.000000278. The normalized spacial score (nSPS) is 42.2. The molecule has 24 heteroatoms. The lowest BCUT2D eigenvalue weighted by Gasteiger charge is -2.47. The molecule has 4 saturated heterocycles. The number of carbonyl (C=O) groups is 4. The fourth-order valence-corrected chi connectivity index (χ4v) is 13.7. The van der Waals surface area contributed by atoms with Crippen LogP contribution in [0.2, 0.25) is 0 Å². The van der Waals surface area contributed by atoms with Gasteiger partial charge in [-0.05, 0) is 191 Å². The number of rotatable bonds is 28. The van der Waals surface area contributed by atoms with Crippen LogP contribution in [0, 0.1) is 70.8 Å². The van der Waals surface area contributed by atoms with Gasteiger partial charge in [0.2, 0.25) is 0 Å². The SMILES string of the molecule is [2H]c1c2c(c([2H])c(OC([2H])([2H])[2H])c1OC([2H])([2H])[2H])C1N(CC2)C([2H])([2H])C([2H])(CC(C)C)C(OC(=O)[C@@]([2H])(N)C([2H])(C([2H])([2H])[2H])C([2H])([2H])[2H])C1([2H])[2H].[2H]c1c2c(c([2H])c(OC([2H])([2H])[2H])c1OC)C1N(CC2)C([2H])([2H])C([2H])(CC(C)C)C(OC(=O)[C@@]([2H])(N)C([2H])(C([2H])([2H])[2H])C([2H])([2H])[2H])C1([2H])[2H].[2H]c1c2c(c([2H])c(OC)c1OC([2H])([2H])[2H])C1N(CC2)C([2H])([2H])C([2H])(CC(C)C)C(OC(=O)[C@@]([2H])(N)C([2H])(C([2H])([2H])[2H])C([2H])([2H])[2H])C1([2H])[2H].[2H]c1c2c(c([2H])c(OC)c1OC)C1N(CC2)C([2H])([2H])C([2H])(CC(C)C)C(OC(=O)[C@@]([2H])(N)C([2H])(C([2H])([2H])[2H])C([2H])([2H])[2H])C1([2H])[2H]. The molecule has 0 aromatic heterocycles. The Bertz CT molecular complexity index is 7330. The minimum atomic E-state index is -4.11. The maximum Gasteiger partial charge on any atom is 0.323 e. The molecule has 4 aromatic rings. The van der Waals surface area contributed by atoms with Crippen molar-refractivity contribution < 1.29 is 175 Å². The van der Waals surface area contributed by atoms with Gasteiger partial charge in [0.05, 0.1) is 89.5 Å². The summed E-state index contributed by atoms with van der Waals surface area (Å²) in [6, 6.07) is -29.0. The van der Waals surface area contributed by atoms with Crippen molar-refractivity contribution in [3.05, 3.63) is 92.8 Å². The first kappa shape index (κ1) is 38.0. The van der Waals surface area contributed by atoms with Gasteiger partial charge in [0.25, 0.3) is 0 Å². The van der Waals surface area contributed by atoms with E-state index in [1.807, 2.05) is 0 Å². The molecular formula is C96H152N8O16. The number of benzene rings is 4. The summed E-state index contributed by atoms with van der Waals surface area (Å²) in [5, 5.41) is 0. The fourth-order valence-electron chi connectivity index (χ4n) is 13.7. The van der Waals surface area contributed by atoms with Gasteiger partial charge in [0.15, 0.2) is 46.0 Å². The summed E-state index contributed by atoms with van der Waals surface area (Å²) in [6.45, 7) is -32.2. The van der Waals surface area contributed by atoms with Gasteiger partial charge >= 0.3 is 23.9 Å². The molecule has 8 N–H and O–H groups in total. The number of nitrogens with two attached hydrogens (primary N) is 4. The molecule has 120 heavy (non-hydrogen) atoms. The van der Waals surface area contributed by atoms with E-state index in [2.05, 4.69) is 0 Å². The largest absolute Gasteiger partial charge is 0.493 e. The van der Waals surface area contributed by atoms with Gasteiger partial charge in [-0.1, -0.05) is 110 Å². The van der Waals surface area contributed by atoms with Crippen LogP contribution in [0.4, 0.5) is 0 Å². The number of piperidine rings is 4. The molecule has 12 unspecified atom stereocenters. The highest BCUT2D eigenvalue weighted by molar-refractivity contribution is 5.77. The van der Waals surface area contributed by atoms with Crippen LogP contribution in [0.1, 0.15) is 329 Å². The van der Waals surface area contributed by atoms with Crippen LogP contribution < -0.4 is 60.8 Å². The smallest absolute Gasteiger partial charge is 0.323 e. The number of fused-ring (bicyclic) bond motifs is 12. The molecular weight excluding hydrogens is 1520 g/mol. The highest BCUT2D eigenvalue weighted by Gasteiger charge is 2.47. The van der Waals surface area contributed by atoms with Gasteiger partial charge in [-0.15, -0.1) is 0 Å².